The third-order valence-electron chi connectivity index (χ3n) is 2.02. The summed E-state index contributed by atoms with van der Waals surface area (Å²) in [6, 6.07) is 3.95. The van der Waals surface area contributed by atoms with Crippen LogP contribution >= 0.6 is 23.2 Å². The van der Waals surface area contributed by atoms with Crippen molar-refractivity contribution in [2.24, 2.45) is 5.73 Å². The third kappa shape index (κ3) is 3.70. The van der Waals surface area contributed by atoms with E-state index in [-0.39, 0.29) is 21.4 Å². The fourth-order valence-electron chi connectivity index (χ4n) is 1.03. The van der Waals surface area contributed by atoms with Gasteiger partial charge in [-0.15, -0.1) is 0 Å². The molecular weight excluding hydrogens is 265 g/mol. The molecule has 0 aliphatic heterocycles. The minimum absolute atomic E-state index is 0.0494. The number of benzene rings is 1. The Morgan fingerprint density at radius 1 is 1.35 bits per heavy atom. The number of hydrogen-bond acceptors (Lipinski definition) is 4. The van der Waals surface area contributed by atoms with E-state index in [1.807, 2.05) is 0 Å². The molecule has 0 spiro atoms. The molecule has 0 heterocycles. The lowest BCUT2D eigenvalue weighted by Gasteiger charge is -2.08. The van der Waals surface area contributed by atoms with E-state index in [1.54, 1.807) is 6.07 Å². The van der Waals surface area contributed by atoms with Gasteiger partial charge < -0.3 is 10.5 Å². The van der Waals surface area contributed by atoms with E-state index in [2.05, 4.69) is 0 Å². The summed E-state index contributed by atoms with van der Waals surface area (Å²) in [5.74, 6) is -1.11. The van der Waals surface area contributed by atoms with E-state index in [9.17, 15) is 9.59 Å². The summed E-state index contributed by atoms with van der Waals surface area (Å²) in [5, 5.41) is 0.353. The third-order valence-corrected chi connectivity index (χ3v) is 2.65. The largest absolute Gasteiger partial charge is 0.454 e. The fourth-order valence-corrected chi connectivity index (χ4v) is 1.58. The Balaban J connectivity index is 2.74. The Bertz CT molecular complexity index is 426. The highest BCUT2D eigenvalue weighted by atomic mass is 35.5. The molecule has 4 nitrogen and oxygen atoms in total. The molecular formula is C11H11Cl2NO3. The molecule has 0 radical (unpaired) electrons. The van der Waals surface area contributed by atoms with Crippen LogP contribution in [-0.4, -0.2) is 24.4 Å². The van der Waals surface area contributed by atoms with Gasteiger partial charge in [0.1, 0.15) is 0 Å². The van der Waals surface area contributed by atoms with Crippen molar-refractivity contribution in [3.8, 4) is 0 Å². The normalized spacial score (nSPS) is 12.0. The highest BCUT2D eigenvalue weighted by molar-refractivity contribution is 6.39. The number of ketones is 1. The number of hydrogen-bond donors (Lipinski definition) is 1. The molecule has 0 fully saturated rings. The SMILES string of the molecule is C[C@H](N)C(=O)COC(=O)c1c(Cl)cccc1Cl. The number of ether oxygens (including phenoxy) is 1. The Labute approximate surface area is 109 Å². The predicted molar refractivity (Wildman–Crippen MR) is 65.4 cm³/mol. The van der Waals surface area contributed by atoms with Crippen LogP contribution in [0, 0.1) is 0 Å². The number of rotatable bonds is 4. The standard InChI is InChI=1S/C11H11Cl2NO3/c1-6(14)9(15)5-17-11(16)10-7(12)3-2-4-8(10)13/h2-4,6H,5,14H2,1H3/t6-/m0/s1. The zero-order chi connectivity index (χ0) is 13.0. The van der Waals surface area contributed by atoms with Gasteiger partial charge in [0.15, 0.2) is 12.4 Å². The van der Waals surface area contributed by atoms with Crippen molar-refractivity contribution in [2.75, 3.05) is 6.61 Å². The number of carbonyl (C=O) groups is 2. The number of Topliss-reactive ketones (excluding diaryl/α,β-unsaturated/α-hetero) is 1. The van der Waals surface area contributed by atoms with Gasteiger partial charge in [-0.1, -0.05) is 29.3 Å². The highest BCUT2D eigenvalue weighted by Gasteiger charge is 2.18. The molecule has 2 N–H and O–H groups in total. The van der Waals surface area contributed by atoms with Crippen molar-refractivity contribution in [3.05, 3.63) is 33.8 Å². The van der Waals surface area contributed by atoms with E-state index >= 15 is 0 Å². The lowest BCUT2D eigenvalue weighted by molar-refractivity contribution is -0.123. The summed E-state index contributed by atoms with van der Waals surface area (Å²) in [6.07, 6.45) is 0. The molecule has 1 aromatic rings. The van der Waals surface area contributed by atoms with Gasteiger partial charge in [-0.3, -0.25) is 4.79 Å². The highest BCUT2D eigenvalue weighted by Crippen LogP contribution is 2.24. The quantitative estimate of drug-likeness (QED) is 0.854. The number of halogens is 2. The molecule has 0 amide bonds. The maximum Gasteiger partial charge on any atom is 0.341 e. The molecule has 92 valence electrons. The molecule has 1 aromatic carbocycles. The Hall–Kier alpha value is -1.10. The van der Waals surface area contributed by atoms with E-state index in [1.165, 1.54) is 19.1 Å². The second-order valence-corrected chi connectivity index (χ2v) is 4.24. The Morgan fingerprint density at radius 3 is 2.35 bits per heavy atom. The zero-order valence-electron chi connectivity index (χ0n) is 9.07. The van der Waals surface area contributed by atoms with Gasteiger partial charge in [0.05, 0.1) is 21.7 Å². The number of carbonyl (C=O) groups excluding carboxylic acids is 2. The summed E-state index contributed by atoms with van der Waals surface area (Å²) in [5.41, 5.74) is 5.38. The number of esters is 1. The van der Waals surface area contributed by atoms with Gasteiger partial charge in [-0.2, -0.15) is 0 Å². The first-order chi connectivity index (χ1) is 7.93. The van der Waals surface area contributed by atoms with Crippen molar-refractivity contribution in [2.45, 2.75) is 13.0 Å². The van der Waals surface area contributed by atoms with Crippen LogP contribution in [0.1, 0.15) is 17.3 Å². The van der Waals surface area contributed by atoms with Gasteiger partial charge in [0, 0.05) is 0 Å². The molecule has 0 aliphatic carbocycles. The molecule has 0 bridgehead atoms. The lowest BCUT2D eigenvalue weighted by atomic mass is 10.2. The van der Waals surface area contributed by atoms with Crippen LogP contribution < -0.4 is 5.73 Å². The molecule has 0 saturated carbocycles. The van der Waals surface area contributed by atoms with Crippen LogP contribution in [0.3, 0.4) is 0 Å². The smallest absolute Gasteiger partial charge is 0.341 e. The van der Waals surface area contributed by atoms with Crippen molar-refractivity contribution in [1.82, 2.24) is 0 Å². The van der Waals surface area contributed by atoms with Gasteiger partial charge in [0.25, 0.3) is 0 Å². The van der Waals surface area contributed by atoms with E-state index in [4.69, 9.17) is 33.7 Å². The van der Waals surface area contributed by atoms with Crippen LogP contribution in [0.2, 0.25) is 10.0 Å². The van der Waals surface area contributed by atoms with Gasteiger partial charge in [-0.05, 0) is 19.1 Å². The topological polar surface area (TPSA) is 69.4 Å². The van der Waals surface area contributed by atoms with Crippen molar-refractivity contribution >= 4 is 35.0 Å². The Morgan fingerprint density at radius 2 is 1.88 bits per heavy atom. The van der Waals surface area contributed by atoms with Crippen LogP contribution in [0.5, 0.6) is 0 Å². The summed E-state index contributed by atoms with van der Waals surface area (Å²) >= 11 is 11.6. The van der Waals surface area contributed by atoms with Crippen LogP contribution in [0.25, 0.3) is 0 Å². The second-order valence-electron chi connectivity index (χ2n) is 3.43. The fraction of sp³-hybridized carbons (Fsp3) is 0.273. The van der Waals surface area contributed by atoms with E-state index in [0.717, 1.165) is 0 Å². The number of nitrogens with two attached hydrogens (primary N) is 1. The molecule has 1 atom stereocenters. The van der Waals surface area contributed by atoms with Crippen molar-refractivity contribution in [1.29, 1.82) is 0 Å². The predicted octanol–water partition coefficient (Wildman–Crippen LogP) is 2.07. The minimum atomic E-state index is -0.741. The van der Waals surface area contributed by atoms with Gasteiger partial charge in [0.2, 0.25) is 0 Å². The van der Waals surface area contributed by atoms with Crippen LogP contribution in [-0.2, 0) is 9.53 Å². The molecule has 0 unspecified atom stereocenters. The van der Waals surface area contributed by atoms with Crippen molar-refractivity contribution in [3.63, 3.8) is 0 Å². The molecule has 0 aliphatic rings. The molecule has 0 aromatic heterocycles. The first-order valence-electron chi connectivity index (χ1n) is 4.83. The van der Waals surface area contributed by atoms with Crippen LogP contribution in [0.4, 0.5) is 0 Å². The van der Waals surface area contributed by atoms with E-state index < -0.39 is 18.6 Å². The lowest BCUT2D eigenvalue weighted by Crippen LogP contribution is -2.31. The molecule has 1 rings (SSSR count). The zero-order valence-corrected chi connectivity index (χ0v) is 10.6. The molecule has 6 heteroatoms. The average molecular weight is 276 g/mol. The maximum absolute atomic E-state index is 11.6. The summed E-state index contributed by atoms with van der Waals surface area (Å²) in [7, 11) is 0. The van der Waals surface area contributed by atoms with Gasteiger partial charge >= 0.3 is 5.97 Å². The van der Waals surface area contributed by atoms with E-state index in [0.29, 0.717) is 0 Å². The first kappa shape index (κ1) is 14.0. The van der Waals surface area contributed by atoms with Gasteiger partial charge in [-0.25, -0.2) is 4.79 Å². The second kappa shape index (κ2) is 6.00. The average Bonchev–Trinajstić information content (AvgIpc) is 2.25. The maximum atomic E-state index is 11.6. The molecule has 0 saturated heterocycles. The summed E-state index contributed by atoms with van der Waals surface area (Å²) in [4.78, 5) is 22.8. The first-order valence-corrected chi connectivity index (χ1v) is 5.58. The van der Waals surface area contributed by atoms with Crippen LogP contribution in [0.15, 0.2) is 18.2 Å². The molecule has 17 heavy (non-hydrogen) atoms. The Kier molecular flexibility index (Phi) is 4.93. The van der Waals surface area contributed by atoms with Crippen molar-refractivity contribution < 1.29 is 14.3 Å². The summed E-state index contributed by atoms with van der Waals surface area (Å²) < 4.78 is 4.78. The monoisotopic (exact) mass is 275 g/mol. The summed E-state index contributed by atoms with van der Waals surface area (Å²) in [6.45, 7) is 1.12. The minimum Gasteiger partial charge on any atom is -0.454 e.